The van der Waals surface area contributed by atoms with E-state index in [1.165, 1.54) is 24.6 Å². The van der Waals surface area contributed by atoms with Crippen LogP contribution in [0.4, 0.5) is 0 Å². The Morgan fingerprint density at radius 2 is 2.21 bits per heavy atom. The zero-order valence-corrected chi connectivity index (χ0v) is 13.3. The Bertz CT molecular complexity index is 331. The molecule has 3 nitrogen and oxygen atoms in total. The molecule has 0 bridgehead atoms. The van der Waals surface area contributed by atoms with Gasteiger partial charge < -0.3 is 13.9 Å². The van der Waals surface area contributed by atoms with Gasteiger partial charge in [0.1, 0.15) is 18.0 Å². The van der Waals surface area contributed by atoms with Crippen LogP contribution in [0.3, 0.4) is 0 Å². The third-order valence-electron chi connectivity index (χ3n) is 3.98. The van der Waals surface area contributed by atoms with E-state index >= 15 is 0 Å². The fourth-order valence-electron chi connectivity index (χ4n) is 2.46. The topological polar surface area (TPSA) is 34.9 Å². The molecular weight excluding hydrogens is 256 g/mol. The summed E-state index contributed by atoms with van der Waals surface area (Å²) >= 11 is 0. The molecule has 4 heteroatoms. The maximum atomic E-state index is 5.96. The van der Waals surface area contributed by atoms with Crippen LogP contribution in [0.15, 0.2) is 22.8 Å². The summed E-state index contributed by atoms with van der Waals surface area (Å²) in [6.45, 7) is 6.23. The second-order valence-corrected chi connectivity index (χ2v) is 9.35. The summed E-state index contributed by atoms with van der Waals surface area (Å²) in [6, 6.07) is 8.22. The smallest absolute Gasteiger partial charge is 0.132 e. The van der Waals surface area contributed by atoms with Gasteiger partial charge in [-0.2, -0.15) is 0 Å². The minimum atomic E-state index is -0.468. The molecule has 0 radical (unpaired) electrons. The van der Waals surface area contributed by atoms with Crippen molar-refractivity contribution in [1.82, 2.24) is 0 Å². The first-order valence-corrected chi connectivity index (χ1v) is 10.0. The van der Waals surface area contributed by atoms with Crippen molar-refractivity contribution in [1.29, 1.82) is 0 Å². The summed E-state index contributed by atoms with van der Waals surface area (Å²) in [5, 5.41) is 0. The summed E-state index contributed by atoms with van der Waals surface area (Å²) in [6.07, 6.45) is 4.50. The third kappa shape index (κ3) is 5.13. The Kier molecular flexibility index (Phi) is 6.14. The van der Waals surface area contributed by atoms with Gasteiger partial charge in [0.2, 0.25) is 0 Å². The molecule has 1 aliphatic rings. The van der Waals surface area contributed by atoms with Gasteiger partial charge >= 0.3 is 0 Å². The van der Waals surface area contributed by atoms with Gasteiger partial charge in [0, 0.05) is 8.80 Å². The number of rotatable bonds is 10. The predicted octanol–water partition coefficient (Wildman–Crippen LogP) is 3.78. The fourth-order valence-corrected chi connectivity index (χ4v) is 4.67. The minimum absolute atomic E-state index is 0.113. The Morgan fingerprint density at radius 3 is 2.79 bits per heavy atom. The van der Waals surface area contributed by atoms with Crippen molar-refractivity contribution in [2.24, 2.45) is 0 Å². The first-order valence-electron chi connectivity index (χ1n) is 7.60. The normalized spacial score (nSPS) is 19.8. The number of hydrogen-bond donors (Lipinski definition) is 0. The Labute approximate surface area is 117 Å². The van der Waals surface area contributed by atoms with Crippen molar-refractivity contribution in [3.63, 3.8) is 0 Å². The second-order valence-electron chi connectivity index (χ2n) is 5.41. The standard InChI is InChI=1S/C15H26O3Si/c1-3-19(4-2)10-6-8-15(14-7-5-9-16-14)18-12-13-11-17-13/h5,7,9,13,15,19H,3-4,6,8,10-12H2,1-2H3. The van der Waals surface area contributed by atoms with E-state index < -0.39 is 8.80 Å². The fraction of sp³-hybridized carbons (Fsp3) is 0.733. The van der Waals surface area contributed by atoms with Crippen LogP contribution >= 0.6 is 0 Å². The lowest BCUT2D eigenvalue weighted by Gasteiger charge is -2.17. The van der Waals surface area contributed by atoms with Crippen molar-refractivity contribution in [2.75, 3.05) is 13.2 Å². The van der Waals surface area contributed by atoms with Crippen LogP contribution in [0.25, 0.3) is 0 Å². The molecule has 108 valence electrons. The van der Waals surface area contributed by atoms with Crippen LogP contribution in [-0.2, 0) is 9.47 Å². The molecule has 2 unspecified atom stereocenters. The molecular formula is C15H26O3Si. The molecule has 2 heterocycles. The van der Waals surface area contributed by atoms with E-state index in [2.05, 4.69) is 13.8 Å². The first kappa shape index (κ1) is 14.8. The van der Waals surface area contributed by atoms with Gasteiger partial charge in [-0.15, -0.1) is 0 Å². The summed E-state index contributed by atoms with van der Waals surface area (Å²) in [7, 11) is -0.468. The number of hydrogen-bond acceptors (Lipinski definition) is 3. The summed E-state index contributed by atoms with van der Waals surface area (Å²) in [5.74, 6) is 0.965. The Balaban J connectivity index is 1.76. The molecule has 1 aromatic heterocycles. The molecule has 1 aromatic rings. The molecule has 1 saturated heterocycles. The maximum Gasteiger partial charge on any atom is 0.132 e. The molecule has 2 atom stereocenters. The molecule has 2 rings (SSSR count). The highest BCUT2D eigenvalue weighted by Gasteiger charge is 2.25. The van der Waals surface area contributed by atoms with Crippen LogP contribution in [0.2, 0.25) is 18.1 Å². The zero-order chi connectivity index (χ0) is 13.5. The first-order chi connectivity index (χ1) is 9.33. The molecule has 1 fully saturated rings. The lowest BCUT2D eigenvalue weighted by molar-refractivity contribution is 0.0223. The second kappa shape index (κ2) is 7.87. The van der Waals surface area contributed by atoms with E-state index in [4.69, 9.17) is 13.9 Å². The van der Waals surface area contributed by atoms with Crippen molar-refractivity contribution >= 4 is 8.80 Å². The highest BCUT2D eigenvalue weighted by Crippen LogP contribution is 2.26. The van der Waals surface area contributed by atoms with Crippen LogP contribution in [0, 0.1) is 0 Å². The SMILES string of the molecule is CC[SiH](CC)CCCC(OCC1CO1)c1ccco1. The van der Waals surface area contributed by atoms with Crippen molar-refractivity contribution < 1.29 is 13.9 Å². The van der Waals surface area contributed by atoms with Gasteiger partial charge in [0.15, 0.2) is 0 Å². The monoisotopic (exact) mass is 282 g/mol. The van der Waals surface area contributed by atoms with Crippen molar-refractivity contribution in [3.8, 4) is 0 Å². The molecule has 0 saturated carbocycles. The minimum Gasteiger partial charge on any atom is -0.467 e. The lowest BCUT2D eigenvalue weighted by Crippen LogP contribution is -2.12. The van der Waals surface area contributed by atoms with Gasteiger partial charge in [-0.05, 0) is 18.6 Å². The summed E-state index contributed by atoms with van der Waals surface area (Å²) in [4.78, 5) is 0. The Morgan fingerprint density at radius 1 is 1.42 bits per heavy atom. The van der Waals surface area contributed by atoms with Crippen LogP contribution in [0.1, 0.15) is 38.6 Å². The van der Waals surface area contributed by atoms with Crippen molar-refractivity contribution in [3.05, 3.63) is 24.2 Å². The van der Waals surface area contributed by atoms with Gasteiger partial charge in [0.25, 0.3) is 0 Å². The average Bonchev–Trinajstić information content (AvgIpc) is 3.10. The molecule has 0 aliphatic carbocycles. The van der Waals surface area contributed by atoms with E-state index in [0.717, 1.165) is 18.8 Å². The van der Waals surface area contributed by atoms with E-state index in [1.807, 2.05) is 12.1 Å². The number of ether oxygens (including phenoxy) is 2. The van der Waals surface area contributed by atoms with E-state index in [1.54, 1.807) is 6.26 Å². The van der Waals surface area contributed by atoms with E-state index in [9.17, 15) is 0 Å². The summed E-state index contributed by atoms with van der Waals surface area (Å²) in [5.41, 5.74) is 0. The third-order valence-corrected chi connectivity index (χ3v) is 7.51. The highest BCUT2D eigenvalue weighted by molar-refractivity contribution is 6.58. The Hall–Kier alpha value is -0.583. The number of furan rings is 1. The van der Waals surface area contributed by atoms with E-state index in [-0.39, 0.29) is 6.10 Å². The van der Waals surface area contributed by atoms with Crippen LogP contribution in [-0.4, -0.2) is 28.1 Å². The van der Waals surface area contributed by atoms with Crippen LogP contribution in [0.5, 0.6) is 0 Å². The molecule has 0 aromatic carbocycles. The molecule has 1 aliphatic heterocycles. The van der Waals surface area contributed by atoms with Gasteiger partial charge in [-0.1, -0.05) is 38.4 Å². The molecule has 0 N–H and O–H groups in total. The van der Waals surface area contributed by atoms with E-state index in [0.29, 0.717) is 12.7 Å². The molecule has 19 heavy (non-hydrogen) atoms. The van der Waals surface area contributed by atoms with Crippen molar-refractivity contribution in [2.45, 2.75) is 57.0 Å². The van der Waals surface area contributed by atoms with Gasteiger partial charge in [0.05, 0.1) is 19.5 Å². The molecule has 0 spiro atoms. The predicted molar refractivity (Wildman–Crippen MR) is 79.3 cm³/mol. The van der Waals surface area contributed by atoms with Gasteiger partial charge in [-0.25, -0.2) is 0 Å². The van der Waals surface area contributed by atoms with Crippen LogP contribution < -0.4 is 0 Å². The molecule has 0 amide bonds. The average molecular weight is 282 g/mol. The lowest BCUT2D eigenvalue weighted by atomic mass is 10.1. The van der Waals surface area contributed by atoms with Gasteiger partial charge in [-0.3, -0.25) is 0 Å². The number of epoxide rings is 1. The largest absolute Gasteiger partial charge is 0.467 e. The quantitative estimate of drug-likeness (QED) is 0.484. The highest BCUT2D eigenvalue weighted by atomic mass is 28.3. The zero-order valence-electron chi connectivity index (χ0n) is 12.1. The summed E-state index contributed by atoms with van der Waals surface area (Å²) < 4.78 is 16.7. The maximum absolute atomic E-state index is 5.96.